The van der Waals surface area contributed by atoms with E-state index in [-0.39, 0.29) is 12.0 Å². The van der Waals surface area contributed by atoms with E-state index in [2.05, 4.69) is 36.2 Å². The number of aryl methyl sites for hydroxylation is 1. The van der Waals surface area contributed by atoms with Crippen LogP contribution in [0.5, 0.6) is 0 Å². The van der Waals surface area contributed by atoms with Gasteiger partial charge in [-0.25, -0.2) is 4.98 Å². The average molecular weight is 396 g/mol. The molecule has 0 bridgehead atoms. The predicted octanol–water partition coefficient (Wildman–Crippen LogP) is 4.80. The van der Waals surface area contributed by atoms with Crippen LogP contribution in [0.25, 0.3) is 11.0 Å². The number of nitrogens with zero attached hydrogens (tertiary/aromatic N) is 2. The number of hydrogen-bond donors (Lipinski definition) is 1. The number of benzene rings is 1. The number of hydrogen-bond acceptors (Lipinski definition) is 4. The van der Waals surface area contributed by atoms with Gasteiger partial charge in [0.05, 0.1) is 22.0 Å². The molecule has 3 aromatic rings. The number of carbonyl (C=O) groups is 1. The Morgan fingerprint density at radius 2 is 2.07 bits per heavy atom. The second-order valence-corrected chi connectivity index (χ2v) is 8.98. The largest absolute Gasteiger partial charge is 0.373 e. The summed E-state index contributed by atoms with van der Waals surface area (Å²) in [6, 6.07) is 10.3. The van der Waals surface area contributed by atoms with E-state index >= 15 is 0 Å². The minimum Gasteiger partial charge on any atom is -0.373 e. The Hall–Kier alpha value is -2.18. The maximum atomic E-state index is 12.9. The summed E-state index contributed by atoms with van der Waals surface area (Å²) in [5.41, 5.74) is 3.37. The molecule has 146 valence electrons. The van der Waals surface area contributed by atoms with Gasteiger partial charge in [-0.2, -0.15) is 0 Å². The van der Waals surface area contributed by atoms with Gasteiger partial charge in [0.15, 0.2) is 0 Å². The number of piperidine rings is 1. The number of H-pyrrole nitrogens is 1. The topological polar surface area (TPSA) is 58.2 Å². The van der Waals surface area contributed by atoms with Crippen molar-refractivity contribution in [3.8, 4) is 0 Å². The first-order chi connectivity index (χ1) is 13.7. The molecule has 2 aromatic heterocycles. The van der Waals surface area contributed by atoms with Crippen LogP contribution in [0.15, 0.2) is 30.3 Å². The third-order valence-corrected chi connectivity index (χ3v) is 7.15. The van der Waals surface area contributed by atoms with Gasteiger partial charge in [-0.1, -0.05) is 12.1 Å². The molecular weight excluding hydrogens is 370 g/mol. The molecule has 5 nitrogen and oxygen atoms in total. The standard InChI is InChI=1S/C22H25N3O2S/c1-14-4-2-5-16-20(14)24-21(23-16)15-9-11-25(12-10-15)22(26)19-8-7-18(28-19)17-6-3-13-27-17/h2,4-5,7-8,15,17H,3,6,9-13H2,1H3,(H,23,24). The van der Waals surface area contributed by atoms with Crippen molar-refractivity contribution >= 4 is 28.3 Å². The summed E-state index contributed by atoms with van der Waals surface area (Å²) in [7, 11) is 0. The maximum Gasteiger partial charge on any atom is 0.263 e. The number of amides is 1. The third kappa shape index (κ3) is 3.25. The number of carbonyl (C=O) groups excluding carboxylic acids is 1. The summed E-state index contributed by atoms with van der Waals surface area (Å²) in [6.07, 6.45) is 4.27. The fraction of sp³-hybridized carbons (Fsp3) is 0.455. The molecule has 1 unspecified atom stereocenters. The number of nitrogens with one attached hydrogen (secondary N) is 1. The lowest BCUT2D eigenvalue weighted by Gasteiger charge is -2.30. The molecule has 0 saturated carbocycles. The third-order valence-electron chi connectivity index (χ3n) is 5.99. The number of para-hydroxylation sites is 1. The number of aromatic amines is 1. The van der Waals surface area contributed by atoms with Crippen LogP contribution in [0.2, 0.25) is 0 Å². The fourth-order valence-electron chi connectivity index (χ4n) is 4.34. The van der Waals surface area contributed by atoms with Gasteiger partial charge in [0, 0.05) is 30.5 Å². The second-order valence-electron chi connectivity index (χ2n) is 7.86. The highest BCUT2D eigenvalue weighted by Gasteiger charge is 2.28. The number of ether oxygens (including phenoxy) is 1. The highest BCUT2D eigenvalue weighted by Crippen LogP contribution is 2.34. The molecule has 28 heavy (non-hydrogen) atoms. The zero-order chi connectivity index (χ0) is 19.1. The van der Waals surface area contributed by atoms with Gasteiger partial charge in [0.25, 0.3) is 5.91 Å². The van der Waals surface area contributed by atoms with Crippen molar-refractivity contribution in [2.45, 2.75) is 44.6 Å². The molecule has 1 N–H and O–H groups in total. The Morgan fingerprint density at radius 3 is 2.82 bits per heavy atom. The zero-order valence-electron chi connectivity index (χ0n) is 16.1. The van der Waals surface area contributed by atoms with E-state index in [9.17, 15) is 4.79 Å². The van der Waals surface area contributed by atoms with Crippen LogP contribution in [0, 0.1) is 6.92 Å². The summed E-state index contributed by atoms with van der Waals surface area (Å²) in [6.45, 7) is 4.50. The van der Waals surface area contributed by atoms with Crippen LogP contribution in [-0.4, -0.2) is 40.5 Å². The fourth-order valence-corrected chi connectivity index (χ4v) is 5.40. The first kappa shape index (κ1) is 17.9. The highest BCUT2D eigenvalue weighted by atomic mass is 32.1. The van der Waals surface area contributed by atoms with Crippen molar-refractivity contribution in [2.24, 2.45) is 0 Å². The van der Waals surface area contributed by atoms with Crippen molar-refractivity contribution in [1.82, 2.24) is 14.9 Å². The zero-order valence-corrected chi connectivity index (χ0v) is 16.9. The van der Waals surface area contributed by atoms with Gasteiger partial charge in [0.1, 0.15) is 5.82 Å². The van der Waals surface area contributed by atoms with Crippen LogP contribution >= 0.6 is 11.3 Å². The molecule has 0 aliphatic carbocycles. The van der Waals surface area contributed by atoms with E-state index in [1.54, 1.807) is 11.3 Å². The lowest BCUT2D eigenvalue weighted by atomic mass is 9.96. The Kier molecular flexibility index (Phi) is 4.69. The molecule has 1 amide bonds. The van der Waals surface area contributed by atoms with Gasteiger partial charge >= 0.3 is 0 Å². The SMILES string of the molecule is Cc1cccc2[nH]c(C3CCN(C(=O)c4ccc(C5CCCO5)s4)CC3)nc12. The number of thiophene rings is 1. The summed E-state index contributed by atoms with van der Waals surface area (Å²) >= 11 is 1.60. The molecule has 2 saturated heterocycles. The first-order valence-electron chi connectivity index (χ1n) is 10.1. The molecule has 2 aliphatic rings. The molecule has 0 radical (unpaired) electrons. The quantitative estimate of drug-likeness (QED) is 0.693. The maximum absolute atomic E-state index is 12.9. The van der Waals surface area contributed by atoms with Crippen molar-refractivity contribution in [3.05, 3.63) is 51.5 Å². The summed E-state index contributed by atoms with van der Waals surface area (Å²) in [5, 5.41) is 0. The monoisotopic (exact) mass is 395 g/mol. The van der Waals surface area contributed by atoms with Crippen LogP contribution in [0.3, 0.4) is 0 Å². The van der Waals surface area contributed by atoms with E-state index < -0.39 is 0 Å². The van der Waals surface area contributed by atoms with Crippen molar-refractivity contribution in [2.75, 3.05) is 19.7 Å². The number of imidazole rings is 1. The van der Waals surface area contributed by atoms with E-state index in [0.717, 1.165) is 67.1 Å². The van der Waals surface area contributed by atoms with Crippen LogP contribution in [0.1, 0.15) is 63.6 Å². The minimum absolute atomic E-state index is 0.160. The molecule has 1 atom stereocenters. The summed E-state index contributed by atoms with van der Waals surface area (Å²) < 4.78 is 5.75. The van der Waals surface area contributed by atoms with Crippen LogP contribution in [-0.2, 0) is 4.74 Å². The predicted molar refractivity (Wildman–Crippen MR) is 111 cm³/mol. The van der Waals surface area contributed by atoms with Gasteiger partial charge in [-0.3, -0.25) is 4.79 Å². The Labute approximate surface area is 168 Å². The number of likely N-dealkylation sites (tertiary alicyclic amines) is 1. The molecule has 0 spiro atoms. The van der Waals surface area contributed by atoms with Crippen LogP contribution in [0.4, 0.5) is 0 Å². The van der Waals surface area contributed by atoms with E-state index in [0.29, 0.717) is 5.92 Å². The number of aromatic nitrogens is 2. The second kappa shape index (κ2) is 7.33. The molecule has 6 heteroatoms. The van der Waals surface area contributed by atoms with Gasteiger partial charge in [0.2, 0.25) is 0 Å². The molecular formula is C22H25N3O2S. The van der Waals surface area contributed by atoms with Crippen molar-refractivity contribution < 1.29 is 9.53 Å². The number of fused-ring (bicyclic) bond motifs is 1. The first-order valence-corrected chi connectivity index (χ1v) is 11.0. The van der Waals surface area contributed by atoms with E-state index in [1.807, 2.05) is 11.0 Å². The molecule has 2 aliphatic heterocycles. The summed E-state index contributed by atoms with van der Waals surface area (Å²) in [4.78, 5) is 25.3. The van der Waals surface area contributed by atoms with Crippen LogP contribution < -0.4 is 0 Å². The Bertz CT molecular complexity index is 994. The lowest BCUT2D eigenvalue weighted by molar-refractivity contribution is 0.0716. The average Bonchev–Trinajstić information content (AvgIpc) is 3.47. The smallest absolute Gasteiger partial charge is 0.263 e. The summed E-state index contributed by atoms with van der Waals surface area (Å²) in [5.74, 6) is 1.61. The normalized spacial score (nSPS) is 20.9. The van der Waals surface area contributed by atoms with Crippen molar-refractivity contribution in [1.29, 1.82) is 0 Å². The van der Waals surface area contributed by atoms with Crippen molar-refractivity contribution in [3.63, 3.8) is 0 Å². The highest BCUT2D eigenvalue weighted by molar-refractivity contribution is 7.14. The van der Waals surface area contributed by atoms with Gasteiger partial charge in [-0.05, 0) is 56.4 Å². The lowest BCUT2D eigenvalue weighted by Crippen LogP contribution is -2.37. The molecule has 2 fully saturated rings. The number of rotatable bonds is 3. The molecule has 4 heterocycles. The van der Waals surface area contributed by atoms with E-state index in [4.69, 9.17) is 9.72 Å². The molecule has 1 aromatic carbocycles. The van der Waals surface area contributed by atoms with Gasteiger partial charge < -0.3 is 14.6 Å². The minimum atomic E-state index is 0.160. The van der Waals surface area contributed by atoms with Gasteiger partial charge in [-0.15, -0.1) is 11.3 Å². The van der Waals surface area contributed by atoms with E-state index in [1.165, 1.54) is 10.4 Å². The Balaban J connectivity index is 1.25. The molecule has 5 rings (SSSR count). The Morgan fingerprint density at radius 1 is 1.21 bits per heavy atom.